The average molecular weight is 342 g/mol. The van der Waals surface area contributed by atoms with Gasteiger partial charge in [-0.25, -0.2) is 4.39 Å². The minimum atomic E-state index is -0.141. The number of hydrogen-bond acceptors (Lipinski definition) is 3. The second-order valence-electron chi connectivity index (χ2n) is 6.16. The van der Waals surface area contributed by atoms with E-state index in [0.717, 1.165) is 36.5 Å². The Morgan fingerprint density at radius 3 is 2.75 bits per heavy atom. The number of hydrogen-bond donors (Lipinski definition) is 1. The van der Waals surface area contributed by atoms with Crippen LogP contribution in [0, 0.1) is 19.7 Å². The molecule has 0 aliphatic carbocycles. The normalized spacial score (nSPS) is 13.8. The molecule has 0 aromatic heterocycles. The summed E-state index contributed by atoms with van der Waals surface area (Å²) < 4.78 is 14.4. The van der Waals surface area contributed by atoms with Crippen LogP contribution in [0.1, 0.15) is 27.8 Å². The van der Waals surface area contributed by atoms with Crippen LogP contribution >= 0.6 is 11.8 Å². The van der Waals surface area contributed by atoms with E-state index in [0.29, 0.717) is 6.42 Å². The first kappa shape index (κ1) is 17.0. The minimum absolute atomic E-state index is 0.141. The van der Waals surface area contributed by atoms with E-state index >= 15 is 0 Å². The molecule has 0 amide bonds. The van der Waals surface area contributed by atoms with Crippen molar-refractivity contribution in [2.75, 3.05) is 19.3 Å². The molecule has 0 bridgehead atoms. The van der Waals surface area contributed by atoms with Crippen molar-refractivity contribution >= 4 is 17.6 Å². The first-order chi connectivity index (χ1) is 11.6. The van der Waals surface area contributed by atoms with Crippen LogP contribution in [0.25, 0.3) is 0 Å². The lowest BCUT2D eigenvalue weighted by Gasteiger charge is -2.13. The Bertz CT molecular complexity index is 783. The summed E-state index contributed by atoms with van der Waals surface area (Å²) in [4.78, 5) is 5.76. The molecule has 0 spiro atoms. The molecule has 0 radical (unpaired) electrons. The first-order valence-electron chi connectivity index (χ1n) is 8.30. The Balaban J connectivity index is 1.86. The first-order valence-corrected chi connectivity index (χ1v) is 9.53. The molecule has 1 aliphatic heterocycles. The highest BCUT2D eigenvalue weighted by Gasteiger charge is 2.16. The molecule has 2 aromatic carbocycles. The van der Waals surface area contributed by atoms with Crippen LogP contribution in [0.5, 0.6) is 0 Å². The third-order valence-electron chi connectivity index (χ3n) is 4.61. The van der Waals surface area contributed by atoms with E-state index < -0.39 is 0 Å². The molecule has 2 nitrogen and oxygen atoms in total. The Morgan fingerprint density at radius 2 is 2.04 bits per heavy atom. The zero-order chi connectivity index (χ0) is 17.1. The van der Waals surface area contributed by atoms with Crippen LogP contribution in [0.2, 0.25) is 0 Å². The molecule has 0 atom stereocenters. The van der Waals surface area contributed by atoms with E-state index in [1.165, 1.54) is 21.6 Å². The molecule has 3 rings (SSSR count). The third-order valence-corrected chi connectivity index (χ3v) is 5.48. The molecule has 0 saturated carbocycles. The fraction of sp³-hybridized carbons (Fsp3) is 0.350. The van der Waals surface area contributed by atoms with Crippen molar-refractivity contribution < 1.29 is 4.39 Å². The van der Waals surface area contributed by atoms with Crippen LogP contribution in [-0.4, -0.2) is 25.2 Å². The summed E-state index contributed by atoms with van der Waals surface area (Å²) in [5.74, 6) is 0.687. The summed E-state index contributed by atoms with van der Waals surface area (Å²) in [5, 5.41) is 3.25. The van der Waals surface area contributed by atoms with Gasteiger partial charge in [-0.15, -0.1) is 11.8 Å². The molecule has 0 unspecified atom stereocenters. The van der Waals surface area contributed by atoms with Crippen molar-refractivity contribution in [1.29, 1.82) is 0 Å². The SMILES string of the molecule is CSc1cc(CCc2c(F)cccc2C2=NCCN2)cc(C)c1C. The van der Waals surface area contributed by atoms with Crippen molar-refractivity contribution in [3.8, 4) is 0 Å². The standard InChI is InChI=1S/C20H23FN2S/c1-13-11-15(12-19(24-3)14(13)2)7-8-16-17(5-4-6-18(16)21)20-22-9-10-23-20/h4-6,11-12H,7-10H2,1-3H3,(H,22,23). The lowest BCUT2D eigenvalue weighted by Crippen LogP contribution is -2.21. The molecule has 0 saturated heterocycles. The van der Waals surface area contributed by atoms with Crippen LogP contribution in [0.4, 0.5) is 4.39 Å². The van der Waals surface area contributed by atoms with E-state index in [2.05, 4.69) is 42.5 Å². The zero-order valence-electron chi connectivity index (χ0n) is 14.4. The monoisotopic (exact) mass is 342 g/mol. The van der Waals surface area contributed by atoms with Gasteiger partial charge in [-0.05, 0) is 67.3 Å². The maximum Gasteiger partial charge on any atom is 0.128 e. The second-order valence-corrected chi connectivity index (χ2v) is 7.01. The number of nitrogens with zero attached hydrogens (tertiary/aromatic N) is 1. The maximum absolute atomic E-state index is 14.4. The van der Waals surface area contributed by atoms with Crippen LogP contribution in [-0.2, 0) is 12.8 Å². The number of rotatable bonds is 5. The van der Waals surface area contributed by atoms with Gasteiger partial charge in [0, 0.05) is 17.0 Å². The molecule has 4 heteroatoms. The fourth-order valence-electron chi connectivity index (χ4n) is 3.14. The quantitative estimate of drug-likeness (QED) is 0.819. The highest BCUT2D eigenvalue weighted by Crippen LogP contribution is 2.26. The fourth-order valence-corrected chi connectivity index (χ4v) is 3.87. The van der Waals surface area contributed by atoms with Gasteiger partial charge < -0.3 is 5.32 Å². The number of aliphatic imine (C=N–C) groups is 1. The Hall–Kier alpha value is -1.81. The molecular weight excluding hydrogens is 319 g/mol. The van der Waals surface area contributed by atoms with Gasteiger partial charge in [-0.3, -0.25) is 4.99 Å². The second kappa shape index (κ2) is 7.39. The van der Waals surface area contributed by atoms with Gasteiger partial charge >= 0.3 is 0 Å². The van der Waals surface area contributed by atoms with E-state index in [4.69, 9.17) is 0 Å². The van der Waals surface area contributed by atoms with Crippen LogP contribution in [0.3, 0.4) is 0 Å². The van der Waals surface area contributed by atoms with Gasteiger partial charge in [0.1, 0.15) is 11.7 Å². The summed E-state index contributed by atoms with van der Waals surface area (Å²) in [7, 11) is 0. The van der Waals surface area contributed by atoms with Gasteiger partial charge in [0.05, 0.1) is 6.54 Å². The van der Waals surface area contributed by atoms with Gasteiger partial charge in [0.2, 0.25) is 0 Å². The molecule has 126 valence electrons. The number of halogens is 1. The van der Waals surface area contributed by atoms with E-state index in [-0.39, 0.29) is 5.82 Å². The molecule has 1 aliphatic rings. The van der Waals surface area contributed by atoms with Crippen molar-refractivity contribution in [1.82, 2.24) is 5.32 Å². The van der Waals surface area contributed by atoms with Crippen molar-refractivity contribution in [3.05, 3.63) is 64.0 Å². The predicted octanol–water partition coefficient (Wildman–Crippen LogP) is 4.30. The van der Waals surface area contributed by atoms with Crippen LogP contribution < -0.4 is 5.32 Å². The van der Waals surface area contributed by atoms with Gasteiger partial charge in [0.15, 0.2) is 0 Å². The van der Waals surface area contributed by atoms with Gasteiger partial charge in [0.25, 0.3) is 0 Å². The Morgan fingerprint density at radius 1 is 1.21 bits per heavy atom. The summed E-state index contributed by atoms with van der Waals surface area (Å²) in [6.45, 7) is 5.90. The Labute approximate surface area is 147 Å². The molecule has 24 heavy (non-hydrogen) atoms. The number of amidine groups is 1. The molecule has 1 heterocycles. The van der Waals surface area contributed by atoms with Gasteiger partial charge in [-0.1, -0.05) is 18.2 Å². The van der Waals surface area contributed by atoms with E-state index in [9.17, 15) is 4.39 Å². The number of benzene rings is 2. The Kier molecular flexibility index (Phi) is 5.24. The topological polar surface area (TPSA) is 24.4 Å². The minimum Gasteiger partial charge on any atom is -0.368 e. The maximum atomic E-state index is 14.4. The highest BCUT2D eigenvalue weighted by atomic mass is 32.2. The smallest absolute Gasteiger partial charge is 0.128 e. The summed E-state index contributed by atoms with van der Waals surface area (Å²) in [5.41, 5.74) is 5.56. The summed E-state index contributed by atoms with van der Waals surface area (Å²) in [6.07, 6.45) is 3.61. The van der Waals surface area contributed by atoms with Crippen molar-refractivity contribution in [2.24, 2.45) is 4.99 Å². The largest absolute Gasteiger partial charge is 0.368 e. The molecule has 0 fully saturated rings. The third kappa shape index (κ3) is 3.48. The highest BCUT2D eigenvalue weighted by molar-refractivity contribution is 7.98. The molecule has 1 N–H and O–H groups in total. The van der Waals surface area contributed by atoms with Crippen molar-refractivity contribution in [2.45, 2.75) is 31.6 Å². The predicted molar refractivity (Wildman–Crippen MR) is 101 cm³/mol. The molecule has 2 aromatic rings. The number of thioether (sulfide) groups is 1. The number of aryl methyl sites for hydroxylation is 2. The van der Waals surface area contributed by atoms with E-state index in [1.807, 2.05) is 6.07 Å². The zero-order valence-corrected chi connectivity index (χ0v) is 15.3. The summed E-state index contributed by atoms with van der Waals surface area (Å²) >= 11 is 1.77. The molecular formula is C20H23FN2S. The van der Waals surface area contributed by atoms with Gasteiger partial charge in [-0.2, -0.15) is 0 Å². The lowest BCUT2D eigenvalue weighted by molar-refractivity contribution is 0.608. The summed E-state index contributed by atoms with van der Waals surface area (Å²) in [6, 6.07) is 9.73. The number of nitrogens with one attached hydrogen (secondary N) is 1. The average Bonchev–Trinajstić information content (AvgIpc) is 3.10. The lowest BCUT2D eigenvalue weighted by atomic mass is 9.97. The van der Waals surface area contributed by atoms with E-state index in [1.54, 1.807) is 23.9 Å². The van der Waals surface area contributed by atoms with Crippen molar-refractivity contribution in [3.63, 3.8) is 0 Å². The van der Waals surface area contributed by atoms with Crippen LogP contribution in [0.15, 0.2) is 40.2 Å².